The lowest BCUT2D eigenvalue weighted by Crippen LogP contribution is -2.48. The standard InChI is InChI=1S/C38H47BrN8O4/c1-24-18-32(40-20-30(24)29-8-9-33(48)43-35(29)49)46-14-10-38(11-15-46)12-16-47(17-13-38)36(50)26-6-4-25(5-7-26)27-19-28(23-44(2)22-27)42-31-21-41-45(3)37(51)34(31)39/h4-7,18,20-21,27-29,42H,8-17,19,22-23H2,1-3H3,(H,43,48,49)/t27-,28+,29?/m0/s1. The Kier molecular flexibility index (Phi) is 10.0. The molecule has 1 unspecified atom stereocenters. The average molecular weight is 760 g/mol. The monoisotopic (exact) mass is 758 g/mol. The molecule has 4 saturated heterocycles. The van der Waals surface area contributed by atoms with Crippen LogP contribution >= 0.6 is 15.9 Å². The molecule has 1 aromatic carbocycles. The lowest BCUT2D eigenvalue weighted by molar-refractivity contribution is -0.134. The number of pyridine rings is 1. The van der Waals surface area contributed by atoms with Gasteiger partial charge in [0, 0.05) is 70.5 Å². The highest BCUT2D eigenvalue weighted by Crippen LogP contribution is 2.42. The number of nitrogens with zero attached hydrogens (tertiary/aromatic N) is 6. The van der Waals surface area contributed by atoms with Crippen LogP contribution < -0.4 is 21.1 Å². The number of anilines is 2. The quantitative estimate of drug-likeness (QED) is 0.356. The van der Waals surface area contributed by atoms with Crippen molar-refractivity contribution < 1.29 is 14.4 Å². The van der Waals surface area contributed by atoms with Crippen LogP contribution in [0.4, 0.5) is 11.5 Å². The fourth-order valence-electron chi connectivity index (χ4n) is 8.55. The molecule has 270 valence electrons. The number of amides is 3. The van der Waals surface area contributed by atoms with Gasteiger partial charge in [0.1, 0.15) is 10.3 Å². The summed E-state index contributed by atoms with van der Waals surface area (Å²) in [6, 6.07) is 10.4. The first-order chi connectivity index (χ1) is 24.5. The Balaban J connectivity index is 0.911. The molecule has 13 heteroatoms. The maximum Gasteiger partial charge on any atom is 0.282 e. The molecule has 3 amide bonds. The van der Waals surface area contributed by atoms with Crippen molar-refractivity contribution in [1.82, 2.24) is 29.9 Å². The van der Waals surface area contributed by atoms with Crippen LogP contribution in [-0.4, -0.2) is 94.6 Å². The van der Waals surface area contributed by atoms with Gasteiger partial charge in [-0.25, -0.2) is 9.67 Å². The van der Waals surface area contributed by atoms with E-state index in [1.807, 2.05) is 30.2 Å². The SMILES string of the molecule is Cc1cc(N2CCC3(CCN(C(=O)c4ccc([C@H]5C[C@@H](Nc6cnn(C)c(=O)c6Br)CN(C)C5)cc4)CC3)CC2)ncc1C1CCC(=O)NC1=O. The molecular formula is C38H47BrN8O4. The molecule has 51 heavy (non-hydrogen) atoms. The van der Waals surface area contributed by atoms with Crippen LogP contribution in [0.25, 0.3) is 0 Å². The third kappa shape index (κ3) is 7.46. The van der Waals surface area contributed by atoms with E-state index < -0.39 is 0 Å². The molecule has 0 saturated carbocycles. The fourth-order valence-corrected chi connectivity index (χ4v) is 9.02. The summed E-state index contributed by atoms with van der Waals surface area (Å²) in [6.45, 7) is 7.19. The summed E-state index contributed by atoms with van der Waals surface area (Å²) < 4.78 is 1.80. The van der Waals surface area contributed by atoms with E-state index >= 15 is 0 Å². The minimum Gasteiger partial charge on any atom is -0.379 e. The number of hydrogen-bond acceptors (Lipinski definition) is 9. The van der Waals surface area contributed by atoms with Crippen molar-refractivity contribution in [3.63, 3.8) is 0 Å². The predicted octanol–water partition coefficient (Wildman–Crippen LogP) is 4.19. The van der Waals surface area contributed by atoms with Gasteiger partial charge in [-0.05, 0) is 115 Å². The highest BCUT2D eigenvalue weighted by Gasteiger charge is 2.39. The zero-order valence-electron chi connectivity index (χ0n) is 29.7. The zero-order valence-corrected chi connectivity index (χ0v) is 31.2. The summed E-state index contributed by atoms with van der Waals surface area (Å²) in [5, 5.41) is 10.1. The zero-order chi connectivity index (χ0) is 35.9. The third-order valence-electron chi connectivity index (χ3n) is 11.7. The maximum atomic E-state index is 13.6. The van der Waals surface area contributed by atoms with Gasteiger partial charge in [0.25, 0.3) is 11.5 Å². The number of piperidine rings is 4. The smallest absolute Gasteiger partial charge is 0.282 e. The molecule has 4 aliphatic rings. The van der Waals surface area contributed by atoms with Gasteiger partial charge in [-0.3, -0.25) is 24.5 Å². The van der Waals surface area contributed by atoms with E-state index in [0.717, 1.165) is 93.9 Å². The minimum atomic E-state index is -0.324. The Morgan fingerprint density at radius 2 is 1.69 bits per heavy atom. The molecule has 2 aromatic heterocycles. The molecule has 0 radical (unpaired) electrons. The van der Waals surface area contributed by atoms with Crippen molar-refractivity contribution in [3.8, 4) is 0 Å². The molecule has 4 aliphatic heterocycles. The first-order valence-electron chi connectivity index (χ1n) is 18.1. The van der Waals surface area contributed by atoms with Gasteiger partial charge in [0.2, 0.25) is 11.8 Å². The number of carbonyl (C=O) groups excluding carboxylic acids is 3. The van der Waals surface area contributed by atoms with Crippen molar-refractivity contribution in [2.24, 2.45) is 12.5 Å². The molecule has 0 aliphatic carbocycles. The second-order valence-corrected chi connectivity index (χ2v) is 15.9. The van der Waals surface area contributed by atoms with Crippen LogP contribution in [0.1, 0.15) is 83.8 Å². The Morgan fingerprint density at radius 3 is 2.37 bits per heavy atom. The summed E-state index contributed by atoms with van der Waals surface area (Å²) in [6.07, 6.45) is 9.46. The topological polar surface area (TPSA) is 133 Å². The normalized spacial score (nSPS) is 24.0. The van der Waals surface area contributed by atoms with Crippen molar-refractivity contribution in [2.45, 2.75) is 69.7 Å². The minimum absolute atomic E-state index is 0.105. The van der Waals surface area contributed by atoms with E-state index in [2.05, 4.69) is 66.7 Å². The number of hydrogen-bond donors (Lipinski definition) is 2. The number of likely N-dealkylation sites (tertiary alicyclic amines) is 2. The summed E-state index contributed by atoms with van der Waals surface area (Å²) in [5.74, 6) is 0.584. The van der Waals surface area contributed by atoms with E-state index in [4.69, 9.17) is 4.98 Å². The average Bonchev–Trinajstić information content (AvgIpc) is 3.12. The highest BCUT2D eigenvalue weighted by atomic mass is 79.9. The lowest BCUT2D eigenvalue weighted by Gasteiger charge is -2.47. The molecule has 1 spiro atoms. The van der Waals surface area contributed by atoms with Gasteiger partial charge < -0.3 is 20.0 Å². The molecule has 12 nitrogen and oxygen atoms in total. The molecule has 4 fully saturated rings. The first-order valence-corrected chi connectivity index (χ1v) is 18.9. The maximum absolute atomic E-state index is 13.6. The van der Waals surface area contributed by atoms with Crippen molar-refractivity contribution in [2.75, 3.05) is 56.5 Å². The summed E-state index contributed by atoms with van der Waals surface area (Å²) in [4.78, 5) is 61.4. The first kappa shape index (κ1) is 35.3. The fraction of sp³-hybridized carbons (Fsp3) is 0.526. The number of nitrogens with one attached hydrogen (secondary N) is 2. The Bertz CT molecular complexity index is 1860. The predicted molar refractivity (Wildman–Crippen MR) is 199 cm³/mol. The highest BCUT2D eigenvalue weighted by molar-refractivity contribution is 9.10. The number of benzene rings is 1. The lowest BCUT2D eigenvalue weighted by atomic mass is 9.71. The van der Waals surface area contributed by atoms with Gasteiger partial charge in [-0.15, -0.1) is 0 Å². The Hall–Kier alpha value is -4.10. The van der Waals surface area contributed by atoms with E-state index in [1.54, 1.807) is 13.2 Å². The van der Waals surface area contributed by atoms with Crippen LogP contribution in [0.3, 0.4) is 0 Å². The van der Waals surface area contributed by atoms with Crippen molar-refractivity contribution in [1.29, 1.82) is 0 Å². The summed E-state index contributed by atoms with van der Waals surface area (Å²) in [7, 11) is 3.75. The number of rotatable bonds is 6. The molecule has 7 rings (SSSR count). The van der Waals surface area contributed by atoms with E-state index in [1.165, 1.54) is 10.2 Å². The van der Waals surface area contributed by atoms with Crippen molar-refractivity contribution >= 4 is 45.2 Å². The third-order valence-corrected chi connectivity index (χ3v) is 12.5. The van der Waals surface area contributed by atoms with Crippen LogP contribution in [-0.2, 0) is 16.6 Å². The van der Waals surface area contributed by atoms with Crippen LogP contribution in [0.5, 0.6) is 0 Å². The largest absolute Gasteiger partial charge is 0.379 e. The van der Waals surface area contributed by atoms with E-state index in [-0.39, 0.29) is 40.7 Å². The molecule has 3 atom stereocenters. The van der Waals surface area contributed by atoms with Crippen LogP contribution in [0.2, 0.25) is 0 Å². The van der Waals surface area contributed by atoms with Gasteiger partial charge in [-0.1, -0.05) is 12.1 Å². The Morgan fingerprint density at radius 1 is 0.980 bits per heavy atom. The Labute approximate surface area is 307 Å². The summed E-state index contributed by atoms with van der Waals surface area (Å²) in [5.41, 5.74) is 4.66. The number of carbonyl (C=O) groups is 3. The van der Waals surface area contributed by atoms with Crippen LogP contribution in [0, 0.1) is 12.3 Å². The van der Waals surface area contributed by atoms with Crippen LogP contribution in [0.15, 0.2) is 52.0 Å². The van der Waals surface area contributed by atoms with Gasteiger partial charge in [-0.2, -0.15) is 5.10 Å². The molecule has 0 bridgehead atoms. The molecular weight excluding hydrogens is 712 g/mol. The summed E-state index contributed by atoms with van der Waals surface area (Å²) >= 11 is 3.43. The second kappa shape index (κ2) is 14.5. The van der Waals surface area contributed by atoms with Gasteiger partial charge in [0.05, 0.1) is 17.8 Å². The number of aryl methyl sites for hydroxylation is 2. The van der Waals surface area contributed by atoms with Crippen molar-refractivity contribution in [3.05, 3.63) is 79.8 Å². The number of halogens is 1. The van der Waals surface area contributed by atoms with Gasteiger partial charge in [0.15, 0.2) is 0 Å². The number of imide groups is 1. The number of aromatic nitrogens is 3. The second-order valence-electron chi connectivity index (χ2n) is 15.1. The van der Waals surface area contributed by atoms with E-state index in [9.17, 15) is 19.2 Å². The molecule has 2 N–H and O–H groups in total. The van der Waals surface area contributed by atoms with Gasteiger partial charge >= 0.3 is 0 Å². The van der Waals surface area contributed by atoms with E-state index in [0.29, 0.717) is 28.9 Å². The molecule has 6 heterocycles. The number of likely N-dealkylation sites (N-methyl/N-ethyl adjacent to an activating group) is 1. The molecule has 3 aromatic rings.